The van der Waals surface area contributed by atoms with Gasteiger partial charge in [0.1, 0.15) is 5.75 Å². The Morgan fingerprint density at radius 2 is 2.20 bits per heavy atom. The van der Waals surface area contributed by atoms with Crippen molar-refractivity contribution in [2.24, 2.45) is 0 Å². The van der Waals surface area contributed by atoms with Gasteiger partial charge in [-0.15, -0.1) is 0 Å². The second-order valence-corrected chi connectivity index (χ2v) is 4.14. The zero-order chi connectivity index (χ0) is 15.0. The van der Waals surface area contributed by atoms with Crippen molar-refractivity contribution in [2.75, 3.05) is 11.9 Å². The summed E-state index contributed by atoms with van der Waals surface area (Å²) in [5.41, 5.74) is 0.344. The van der Waals surface area contributed by atoms with Gasteiger partial charge < -0.3 is 20.5 Å². The number of nitrogens with one attached hydrogen (secondary N) is 2. The molecule has 1 aromatic rings. The maximum atomic E-state index is 12.0. The summed E-state index contributed by atoms with van der Waals surface area (Å²) in [5, 5.41) is 14.4. The SMILES string of the molecule is CCC(O)CCNC(=O)Nc1cccc(OC(F)F)c1. The van der Waals surface area contributed by atoms with Gasteiger partial charge in [0.2, 0.25) is 0 Å². The minimum Gasteiger partial charge on any atom is -0.435 e. The fourth-order valence-electron chi connectivity index (χ4n) is 1.48. The molecule has 2 amide bonds. The van der Waals surface area contributed by atoms with Crippen molar-refractivity contribution < 1.29 is 23.4 Å². The normalized spacial score (nSPS) is 12.1. The summed E-state index contributed by atoms with van der Waals surface area (Å²) in [6.45, 7) is -0.734. The zero-order valence-corrected chi connectivity index (χ0v) is 11.1. The molecule has 0 aliphatic rings. The summed E-state index contributed by atoms with van der Waals surface area (Å²) in [4.78, 5) is 11.5. The molecule has 1 unspecified atom stereocenters. The minimum atomic E-state index is -2.91. The van der Waals surface area contributed by atoms with Crippen LogP contribution < -0.4 is 15.4 Å². The molecule has 0 fully saturated rings. The highest BCUT2D eigenvalue weighted by atomic mass is 19.3. The van der Waals surface area contributed by atoms with E-state index < -0.39 is 18.7 Å². The number of alkyl halides is 2. The second kappa shape index (κ2) is 8.31. The number of carbonyl (C=O) groups is 1. The molecule has 3 N–H and O–H groups in total. The molecule has 0 aromatic heterocycles. The first-order valence-electron chi connectivity index (χ1n) is 6.29. The summed E-state index contributed by atoms with van der Waals surface area (Å²) < 4.78 is 28.3. The predicted octanol–water partition coefficient (Wildman–Crippen LogP) is 2.57. The average Bonchev–Trinajstić information content (AvgIpc) is 2.38. The summed E-state index contributed by atoms with van der Waals surface area (Å²) in [6.07, 6.45) is 0.632. The molecule has 5 nitrogen and oxygen atoms in total. The Labute approximate surface area is 115 Å². The molecule has 0 radical (unpaired) electrons. The molecule has 1 atom stereocenters. The van der Waals surface area contributed by atoms with Gasteiger partial charge in [0.05, 0.1) is 6.10 Å². The van der Waals surface area contributed by atoms with E-state index in [1.54, 1.807) is 6.07 Å². The molecule has 0 aliphatic carbocycles. The van der Waals surface area contributed by atoms with E-state index >= 15 is 0 Å². The molecule has 1 rings (SSSR count). The highest BCUT2D eigenvalue weighted by molar-refractivity contribution is 5.89. The Hall–Kier alpha value is -1.89. The number of aliphatic hydroxyl groups is 1. The lowest BCUT2D eigenvalue weighted by Crippen LogP contribution is -2.31. The lowest BCUT2D eigenvalue weighted by molar-refractivity contribution is -0.0497. The topological polar surface area (TPSA) is 70.6 Å². The van der Waals surface area contributed by atoms with Crippen molar-refractivity contribution in [2.45, 2.75) is 32.5 Å². The van der Waals surface area contributed by atoms with Crippen molar-refractivity contribution in [1.82, 2.24) is 5.32 Å². The number of ether oxygens (including phenoxy) is 1. The number of rotatable bonds is 7. The van der Waals surface area contributed by atoms with Crippen LogP contribution in [0.3, 0.4) is 0 Å². The second-order valence-electron chi connectivity index (χ2n) is 4.14. The summed E-state index contributed by atoms with van der Waals surface area (Å²) in [5.74, 6) is -0.0285. The van der Waals surface area contributed by atoms with Crippen LogP contribution in [0.2, 0.25) is 0 Å². The lowest BCUT2D eigenvalue weighted by atomic mass is 10.2. The quantitative estimate of drug-likeness (QED) is 0.722. The maximum absolute atomic E-state index is 12.0. The fraction of sp³-hybridized carbons (Fsp3) is 0.462. The van der Waals surface area contributed by atoms with Gasteiger partial charge >= 0.3 is 12.6 Å². The number of urea groups is 1. The Bertz CT molecular complexity index is 430. The van der Waals surface area contributed by atoms with Crippen molar-refractivity contribution in [3.63, 3.8) is 0 Å². The largest absolute Gasteiger partial charge is 0.435 e. The summed E-state index contributed by atoms with van der Waals surface area (Å²) >= 11 is 0. The number of hydrogen-bond donors (Lipinski definition) is 3. The Morgan fingerprint density at radius 1 is 1.45 bits per heavy atom. The lowest BCUT2D eigenvalue weighted by Gasteiger charge is -2.11. The molecular formula is C13H18F2N2O3. The highest BCUT2D eigenvalue weighted by Crippen LogP contribution is 2.19. The molecule has 0 saturated heterocycles. The first-order valence-corrected chi connectivity index (χ1v) is 6.29. The maximum Gasteiger partial charge on any atom is 0.387 e. The first-order chi connectivity index (χ1) is 9.51. The number of benzene rings is 1. The van der Waals surface area contributed by atoms with E-state index in [0.717, 1.165) is 0 Å². The molecule has 112 valence electrons. The van der Waals surface area contributed by atoms with Crippen LogP contribution >= 0.6 is 0 Å². The third-order valence-electron chi connectivity index (χ3n) is 2.55. The highest BCUT2D eigenvalue weighted by Gasteiger charge is 2.07. The van der Waals surface area contributed by atoms with Crippen LogP contribution in [0.15, 0.2) is 24.3 Å². The Morgan fingerprint density at radius 3 is 2.85 bits per heavy atom. The number of amides is 2. The van der Waals surface area contributed by atoms with Crippen LogP contribution in [0.25, 0.3) is 0 Å². The van der Waals surface area contributed by atoms with E-state index in [0.29, 0.717) is 25.1 Å². The number of aliphatic hydroxyl groups excluding tert-OH is 1. The molecule has 20 heavy (non-hydrogen) atoms. The van der Waals surface area contributed by atoms with Gasteiger partial charge in [0.15, 0.2) is 0 Å². The van der Waals surface area contributed by atoms with Gasteiger partial charge in [0, 0.05) is 18.3 Å². The van der Waals surface area contributed by atoms with Crippen molar-refractivity contribution >= 4 is 11.7 Å². The van der Waals surface area contributed by atoms with E-state index in [-0.39, 0.29) is 5.75 Å². The third-order valence-corrected chi connectivity index (χ3v) is 2.55. The van der Waals surface area contributed by atoms with Crippen LogP contribution in [0.4, 0.5) is 19.3 Å². The summed E-state index contributed by atoms with van der Waals surface area (Å²) in [6, 6.07) is 5.24. The molecule has 0 saturated carbocycles. The van der Waals surface area contributed by atoms with Crippen LogP contribution in [-0.4, -0.2) is 30.4 Å². The number of halogens is 2. The van der Waals surface area contributed by atoms with E-state index in [1.807, 2.05) is 6.92 Å². The van der Waals surface area contributed by atoms with E-state index in [2.05, 4.69) is 15.4 Å². The predicted molar refractivity (Wildman–Crippen MR) is 71.0 cm³/mol. The zero-order valence-electron chi connectivity index (χ0n) is 11.1. The van der Waals surface area contributed by atoms with Crippen LogP contribution in [0.1, 0.15) is 19.8 Å². The van der Waals surface area contributed by atoms with E-state index in [9.17, 15) is 18.7 Å². The Balaban J connectivity index is 2.41. The number of anilines is 1. The minimum absolute atomic E-state index is 0.0285. The molecule has 1 aromatic carbocycles. The van der Waals surface area contributed by atoms with Gasteiger partial charge in [-0.05, 0) is 25.0 Å². The van der Waals surface area contributed by atoms with Gasteiger partial charge in [-0.1, -0.05) is 13.0 Å². The average molecular weight is 288 g/mol. The van der Waals surface area contributed by atoms with Crippen molar-refractivity contribution in [1.29, 1.82) is 0 Å². The van der Waals surface area contributed by atoms with E-state index in [4.69, 9.17) is 0 Å². The van der Waals surface area contributed by atoms with Crippen LogP contribution in [0.5, 0.6) is 5.75 Å². The van der Waals surface area contributed by atoms with Crippen molar-refractivity contribution in [3.05, 3.63) is 24.3 Å². The van der Waals surface area contributed by atoms with Gasteiger partial charge in [-0.2, -0.15) is 8.78 Å². The monoisotopic (exact) mass is 288 g/mol. The first kappa shape index (κ1) is 16.2. The van der Waals surface area contributed by atoms with Crippen molar-refractivity contribution in [3.8, 4) is 5.75 Å². The third kappa shape index (κ3) is 6.33. The standard InChI is InChI=1S/C13H18F2N2O3/c1-2-10(18)6-7-16-13(19)17-9-4-3-5-11(8-9)20-12(14)15/h3-5,8,10,12,18H,2,6-7H2,1H3,(H2,16,17,19). The van der Waals surface area contributed by atoms with Crippen LogP contribution in [0, 0.1) is 0 Å². The molecule has 0 spiro atoms. The molecule has 0 heterocycles. The smallest absolute Gasteiger partial charge is 0.387 e. The molecule has 0 bridgehead atoms. The van der Waals surface area contributed by atoms with Crippen LogP contribution in [-0.2, 0) is 0 Å². The molecule has 7 heteroatoms. The number of hydrogen-bond acceptors (Lipinski definition) is 3. The Kier molecular flexibility index (Phi) is 6.72. The molecule has 0 aliphatic heterocycles. The van der Waals surface area contributed by atoms with Gasteiger partial charge in [-0.3, -0.25) is 0 Å². The van der Waals surface area contributed by atoms with Gasteiger partial charge in [-0.25, -0.2) is 4.79 Å². The summed E-state index contributed by atoms with van der Waals surface area (Å²) in [7, 11) is 0. The van der Waals surface area contributed by atoms with Gasteiger partial charge in [0.25, 0.3) is 0 Å². The van der Waals surface area contributed by atoms with E-state index in [1.165, 1.54) is 18.2 Å². The number of carbonyl (C=O) groups excluding carboxylic acids is 1. The fourth-order valence-corrected chi connectivity index (χ4v) is 1.48. The molecular weight excluding hydrogens is 270 g/mol.